The number of hydrogen-bond donors (Lipinski definition) is 1. The minimum Gasteiger partial charge on any atom is -0.506 e. The van der Waals surface area contributed by atoms with Crippen LogP contribution in [0.1, 0.15) is 51.0 Å². The van der Waals surface area contributed by atoms with Crippen molar-refractivity contribution in [1.29, 1.82) is 0 Å². The number of halogens is 1. The normalized spacial score (nSPS) is 11.3. The summed E-state index contributed by atoms with van der Waals surface area (Å²) in [6, 6.07) is 11.1. The van der Waals surface area contributed by atoms with Crippen LogP contribution in [0.4, 0.5) is 0 Å². The van der Waals surface area contributed by atoms with Crippen molar-refractivity contribution in [2.45, 2.75) is 51.9 Å². The summed E-state index contributed by atoms with van der Waals surface area (Å²) in [5, 5.41) is 19.7. The molecule has 1 N–H and O–H groups in total. The topological polar surface area (TPSA) is 50.9 Å². The Hall–Kier alpha value is -2.07. The van der Waals surface area contributed by atoms with E-state index in [4.69, 9.17) is 11.6 Å². The van der Waals surface area contributed by atoms with Gasteiger partial charge >= 0.3 is 0 Å². The van der Waals surface area contributed by atoms with Crippen LogP contribution in [0, 0.1) is 0 Å². The predicted octanol–water partition coefficient (Wildman–Crippen LogP) is 5.68. The molecule has 0 saturated carbocycles. The Morgan fingerprint density at radius 3 is 2.52 bits per heavy atom. The Balaban J connectivity index is 1.72. The highest BCUT2D eigenvalue weighted by Gasteiger charge is 2.10. The van der Waals surface area contributed by atoms with Crippen LogP contribution in [0.2, 0.25) is 5.02 Å². The smallest absolute Gasteiger partial charge is 0.143 e. The van der Waals surface area contributed by atoms with Crippen molar-refractivity contribution < 1.29 is 5.11 Å². The monoisotopic (exact) mass is 357 g/mol. The van der Waals surface area contributed by atoms with Gasteiger partial charge in [-0.1, -0.05) is 56.7 Å². The number of phenols is 1. The summed E-state index contributed by atoms with van der Waals surface area (Å²) in [6.07, 6.45) is 8.64. The van der Waals surface area contributed by atoms with Crippen LogP contribution in [0.25, 0.3) is 16.7 Å². The fourth-order valence-corrected chi connectivity index (χ4v) is 3.16. The minimum absolute atomic E-state index is 0.179. The lowest BCUT2D eigenvalue weighted by Crippen LogP contribution is -2.00. The van der Waals surface area contributed by atoms with Gasteiger partial charge in [-0.2, -0.15) is 0 Å². The lowest BCUT2D eigenvalue weighted by molar-refractivity contribution is 0.467. The molecule has 0 unspecified atom stereocenters. The number of unbranched alkanes of at least 4 members (excludes halogenated alkanes) is 5. The van der Waals surface area contributed by atoms with Gasteiger partial charge in [0.2, 0.25) is 0 Å². The van der Waals surface area contributed by atoms with E-state index in [-0.39, 0.29) is 5.75 Å². The van der Waals surface area contributed by atoms with Gasteiger partial charge in [-0.15, -0.1) is 15.0 Å². The summed E-state index contributed by atoms with van der Waals surface area (Å²) < 4.78 is 0. The van der Waals surface area contributed by atoms with Gasteiger partial charge in [0.05, 0.1) is 0 Å². The Labute approximate surface area is 153 Å². The Morgan fingerprint density at radius 2 is 1.68 bits per heavy atom. The van der Waals surface area contributed by atoms with E-state index < -0.39 is 0 Å². The van der Waals surface area contributed by atoms with Crippen LogP contribution in [-0.4, -0.2) is 20.1 Å². The molecule has 0 aliphatic carbocycles. The Bertz CT molecular complexity index is 844. The molecule has 1 aromatic heterocycles. The third kappa shape index (κ3) is 4.51. The first kappa shape index (κ1) is 17.7. The van der Waals surface area contributed by atoms with E-state index in [2.05, 4.69) is 17.1 Å². The predicted molar refractivity (Wildman–Crippen MR) is 103 cm³/mol. The number of aromatic nitrogens is 3. The van der Waals surface area contributed by atoms with Crippen LogP contribution in [0.15, 0.2) is 36.4 Å². The number of rotatable bonds is 8. The molecule has 0 aliphatic heterocycles. The Morgan fingerprint density at radius 1 is 0.920 bits per heavy atom. The van der Waals surface area contributed by atoms with Crippen LogP contribution in [0.3, 0.4) is 0 Å². The zero-order valence-electron chi connectivity index (χ0n) is 14.6. The quantitative estimate of drug-likeness (QED) is 0.527. The van der Waals surface area contributed by atoms with Gasteiger partial charge in [-0.05, 0) is 48.7 Å². The molecule has 0 amide bonds. The zero-order valence-corrected chi connectivity index (χ0v) is 15.3. The number of hydrogen-bond acceptors (Lipinski definition) is 3. The highest BCUT2D eigenvalue weighted by molar-refractivity contribution is 6.31. The van der Waals surface area contributed by atoms with Gasteiger partial charge in [0.25, 0.3) is 0 Å². The van der Waals surface area contributed by atoms with Crippen LogP contribution in [-0.2, 0) is 6.42 Å². The van der Waals surface area contributed by atoms with Crippen molar-refractivity contribution in [3.8, 4) is 11.4 Å². The molecule has 25 heavy (non-hydrogen) atoms. The van der Waals surface area contributed by atoms with E-state index >= 15 is 0 Å². The fourth-order valence-electron chi connectivity index (χ4n) is 2.99. The maximum atomic E-state index is 10.2. The Kier molecular flexibility index (Phi) is 5.92. The number of nitrogens with zero attached hydrogens (tertiary/aromatic N) is 3. The molecule has 3 rings (SSSR count). The molecule has 0 fully saturated rings. The molecule has 0 spiro atoms. The van der Waals surface area contributed by atoms with Gasteiger partial charge in [-0.3, -0.25) is 0 Å². The van der Waals surface area contributed by atoms with E-state index in [1.54, 1.807) is 18.2 Å². The summed E-state index contributed by atoms with van der Waals surface area (Å²) in [5.74, 6) is 0.179. The lowest BCUT2D eigenvalue weighted by atomic mass is 10.0. The second kappa shape index (κ2) is 8.34. The van der Waals surface area contributed by atoms with Gasteiger partial charge in [-0.25, -0.2) is 0 Å². The molecular weight excluding hydrogens is 334 g/mol. The van der Waals surface area contributed by atoms with Gasteiger partial charge in [0.1, 0.15) is 22.5 Å². The van der Waals surface area contributed by atoms with Crippen LogP contribution in [0.5, 0.6) is 5.75 Å². The highest BCUT2D eigenvalue weighted by Crippen LogP contribution is 2.25. The zero-order chi connectivity index (χ0) is 17.6. The number of fused-ring (bicyclic) bond motifs is 1. The third-order valence-corrected chi connectivity index (χ3v) is 4.65. The molecule has 5 heteroatoms. The van der Waals surface area contributed by atoms with Crippen molar-refractivity contribution in [3.05, 3.63) is 47.0 Å². The fraction of sp³-hybridized carbons (Fsp3) is 0.400. The van der Waals surface area contributed by atoms with E-state index in [1.807, 2.05) is 18.2 Å². The first-order chi connectivity index (χ1) is 12.2. The van der Waals surface area contributed by atoms with Crippen molar-refractivity contribution in [1.82, 2.24) is 15.0 Å². The summed E-state index contributed by atoms with van der Waals surface area (Å²) in [5.41, 5.74) is 3.27. The lowest BCUT2D eigenvalue weighted by Gasteiger charge is -2.07. The largest absolute Gasteiger partial charge is 0.506 e. The van der Waals surface area contributed by atoms with Gasteiger partial charge < -0.3 is 5.11 Å². The minimum atomic E-state index is 0.179. The second-order valence-corrected chi connectivity index (χ2v) is 6.90. The molecule has 0 bridgehead atoms. The average molecular weight is 358 g/mol. The molecule has 0 atom stereocenters. The van der Waals surface area contributed by atoms with Crippen molar-refractivity contribution in [2.24, 2.45) is 0 Å². The molecule has 3 aromatic rings. The standard InChI is InChI=1S/C20H24ClN3O/c1-2-3-4-5-6-7-8-15-9-12-20(25)19(13-15)24-22-17-11-10-16(21)14-18(17)23-24/h9-14,25H,2-8H2,1H3. The maximum absolute atomic E-state index is 10.2. The number of benzene rings is 2. The average Bonchev–Trinajstić information content (AvgIpc) is 3.02. The van der Waals surface area contributed by atoms with E-state index in [0.717, 1.165) is 18.4 Å². The van der Waals surface area contributed by atoms with E-state index in [1.165, 1.54) is 42.5 Å². The molecule has 0 radical (unpaired) electrons. The van der Waals surface area contributed by atoms with E-state index in [0.29, 0.717) is 16.2 Å². The van der Waals surface area contributed by atoms with Crippen molar-refractivity contribution in [2.75, 3.05) is 0 Å². The highest BCUT2D eigenvalue weighted by atomic mass is 35.5. The molecular formula is C20H24ClN3O. The van der Waals surface area contributed by atoms with E-state index in [9.17, 15) is 5.11 Å². The second-order valence-electron chi connectivity index (χ2n) is 6.46. The molecule has 1 heterocycles. The third-order valence-electron chi connectivity index (χ3n) is 4.42. The summed E-state index contributed by atoms with van der Waals surface area (Å²) in [6.45, 7) is 2.23. The molecule has 0 aliphatic rings. The SMILES string of the molecule is CCCCCCCCc1ccc(O)c(-n2nc3ccc(Cl)cc3n2)c1. The van der Waals surface area contributed by atoms with Gasteiger partial charge in [0.15, 0.2) is 0 Å². The van der Waals surface area contributed by atoms with Crippen LogP contribution >= 0.6 is 11.6 Å². The maximum Gasteiger partial charge on any atom is 0.143 e. The first-order valence-corrected chi connectivity index (χ1v) is 9.40. The van der Waals surface area contributed by atoms with Crippen molar-refractivity contribution >= 4 is 22.6 Å². The molecule has 2 aromatic carbocycles. The summed E-state index contributed by atoms with van der Waals surface area (Å²) in [4.78, 5) is 1.49. The molecule has 132 valence electrons. The number of aromatic hydroxyl groups is 1. The summed E-state index contributed by atoms with van der Waals surface area (Å²) in [7, 11) is 0. The number of phenolic OH excluding ortho intramolecular Hbond substituents is 1. The van der Waals surface area contributed by atoms with Gasteiger partial charge in [0, 0.05) is 5.02 Å². The first-order valence-electron chi connectivity index (χ1n) is 9.02. The van der Waals surface area contributed by atoms with Crippen molar-refractivity contribution in [3.63, 3.8) is 0 Å². The summed E-state index contributed by atoms with van der Waals surface area (Å²) >= 11 is 6.01. The number of aryl methyl sites for hydroxylation is 1. The molecule has 0 saturated heterocycles. The van der Waals surface area contributed by atoms with Crippen LogP contribution < -0.4 is 0 Å². The molecule has 4 nitrogen and oxygen atoms in total.